The molecule has 0 saturated heterocycles. The molecule has 2 amide bonds. The molecule has 0 atom stereocenters. The standard InChI is InChI=1S/C43H43N7O2S/c1-3-50-38-14-8-30(26-45-2)22-37(38)36-13-10-32(25-39(36)50)40-23-31(28-53-40)9-15-41(51)46-18-4-5-20-49-21-17-33-24-34(27-48-42(33)49)43(52)47-19-16-29-6-11-35(44)12-7-29/h6-8,10-14,17,21-25,27-28,45H,3-5,16,18-20,26,44H2,1-2H3,(H,46,51)(H,47,52). The number of carbonyl (C=O) groups is 2. The number of nitrogen functional groups attached to an aromatic ring is 1. The predicted octanol–water partition coefficient (Wildman–Crippen LogP) is 7.11. The van der Waals surface area contributed by atoms with Gasteiger partial charge in [-0.2, -0.15) is 0 Å². The van der Waals surface area contributed by atoms with E-state index in [2.05, 4.69) is 91.3 Å². The first-order chi connectivity index (χ1) is 25.9. The molecule has 0 radical (unpaired) electrons. The summed E-state index contributed by atoms with van der Waals surface area (Å²) in [5, 5.41) is 14.6. The summed E-state index contributed by atoms with van der Waals surface area (Å²) in [5.41, 5.74) is 14.7. The Morgan fingerprint density at radius 3 is 2.57 bits per heavy atom. The van der Waals surface area contributed by atoms with Crippen LogP contribution < -0.4 is 21.7 Å². The largest absolute Gasteiger partial charge is 0.399 e. The molecule has 7 aromatic rings. The molecule has 53 heavy (non-hydrogen) atoms. The van der Waals surface area contributed by atoms with Crippen LogP contribution in [0, 0.1) is 11.8 Å². The van der Waals surface area contributed by atoms with Gasteiger partial charge in [-0.05, 0) is 98.5 Å². The first kappa shape index (κ1) is 35.5. The van der Waals surface area contributed by atoms with E-state index in [9.17, 15) is 9.59 Å². The van der Waals surface area contributed by atoms with E-state index >= 15 is 0 Å². The number of nitrogens with two attached hydrogens (primary N) is 1. The summed E-state index contributed by atoms with van der Waals surface area (Å²) in [6, 6.07) is 26.9. The van der Waals surface area contributed by atoms with Gasteiger partial charge in [-0.3, -0.25) is 9.59 Å². The van der Waals surface area contributed by atoms with Gasteiger partial charge in [-0.1, -0.05) is 36.3 Å². The van der Waals surface area contributed by atoms with E-state index in [0.717, 1.165) is 77.2 Å². The fraction of sp³-hybridized carbons (Fsp3) is 0.233. The molecular weight excluding hydrogens is 679 g/mol. The highest BCUT2D eigenvalue weighted by Gasteiger charge is 2.13. The van der Waals surface area contributed by atoms with E-state index in [1.807, 2.05) is 55.0 Å². The van der Waals surface area contributed by atoms with Crippen LogP contribution in [0.25, 0.3) is 43.3 Å². The first-order valence-electron chi connectivity index (χ1n) is 18.1. The third kappa shape index (κ3) is 8.12. The van der Waals surface area contributed by atoms with Crippen molar-refractivity contribution in [3.63, 3.8) is 0 Å². The van der Waals surface area contributed by atoms with Crippen molar-refractivity contribution >= 4 is 61.7 Å². The summed E-state index contributed by atoms with van der Waals surface area (Å²) in [6.45, 7) is 5.74. The number of fused-ring (bicyclic) bond motifs is 4. The highest BCUT2D eigenvalue weighted by Crippen LogP contribution is 2.35. The van der Waals surface area contributed by atoms with Crippen LogP contribution in [0.4, 0.5) is 5.69 Å². The van der Waals surface area contributed by atoms with E-state index in [0.29, 0.717) is 18.7 Å². The van der Waals surface area contributed by atoms with Crippen molar-refractivity contribution < 1.29 is 9.59 Å². The van der Waals surface area contributed by atoms with Gasteiger partial charge in [0.15, 0.2) is 0 Å². The van der Waals surface area contributed by atoms with Crippen LogP contribution in [-0.4, -0.2) is 46.1 Å². The molecule has 9 nitrogen and oxygen atoms in total. The van der Waals surface area contributed by atoms with Gasteiger partial charge in [0.25, 0.3) is 11.8 Å². The number of thiophene rings is 1. The van der Waals surface area contributed by atoms with E-state index in [1.165, 1.54) is 27.4 Å². The molecule has 3 aromatic carbocycles. The van der Waals surface area contributed by atoms with Crippen LogP contribution in [0.2, 0.25) is 0 Å². The Morgan fingerprint density at radius 1 is 0.887 bits per heavy atom. The molecule has 0 aliphatic rings. The average Bonchev–Trinajstić information content (AvgIpc) is 3.90. The zero-order valence-corrected chi connectivity index (χ0v) is 30.9. The van der Waals surface area contributed by atoms with Crippen molar-refractivity contribution in [2.75, 3.05) is 25.9 Å². The number of amides is 2. The number of benzene rings is 3. The lowest BCUT2D eigenvalue weighted by molar-refractivity contribution is -0.115. The van der Waals surface area contributed by atoms with Crippen LogP contribution in [-0.2, 0) is 30.8 Å². The highest BCUT2D eigenvalue weighted by atomic mass is 32.1. The van der Waals surface area contributed by atoms with Gasteiger partial charge in [0.2, 0.25) is 0 Å². The molecule has 0 spiro atoms. The third-order valence-corrected chi connectivity index (χ3v) is 10.5. The fourth-order valence-electron chi connectivity index (χ4n) is 6.78. The molecule has 10 heteroatoms. The first-order valence-corrected chi connectivity index (χ1v) is 18.9. The molecule has 7 rings (SSSR count). The Hall–Kier alpha value is -5.89. The SMILES string of the molecule is CCn1c2ccc(CNC)cc2c2ccc(-c3cc(C#CC(=O)NCCCCn4ccc5cc(C(=O)NCCc6ccc(N)cc6)cnc54)cs3)cc21. The van der Waals surface area contributed by atoms with Gasteiger partial charge in [0, 0.05) is 99.7 Å². The van der Waals surface area contributed by atoms with Gasteiger partial charge < -0.3 is 30.8 Å². The molecule has 0 bridgehead atoms. The number of hydrogen-bond donors (Lipinski definition) is 4. The monoisotopic (exact) mass is 721 g/mol. The number of hydrogen-bond acceptors (Lipinski definition) is 6. The minimum absolute atomic E-state index is 0.144. The lowest BCUT2D eigenvalue weighted by Gasteiger charge is -2.07. The maximum atomic E-state index is 12.7. The van der Waals surface area contributed by atoms with Crippen LogP contribution in [0.5, 0.6) is 0 Å². The fourth-order valence-corrected chi connectivity index (χ4v) is 7.62. The number of aryl methyl sites for hydroxylation is 2. The number of aromatic nitrogens is 3. The van der Waals surface area contributed by atoms with Crippen molar-refractivity contribution in [2.24, 2.45) is 0 Å². The second-order valence-corrected chi connectivity index (χ2v) is 14.1. The minimum atomic E-state index is -0.281. The molecule has 5 N–H and O–H groups in total. The van der Waals surface area contributed by atoms with Crippen molar-refractivity contribution in [1.29, 1.82) is 0 Å². The Bertz CT molecular complexity index is 2480. The summed E-state index contributed by atoms with van der Waals surface area (Å²) < 4.78 is 4.45. The Balaban J connectivity index is 0.882. The van der Waals surface area contributed by atoms with Crippen molar-refractivity contribution in [1.82, 2.24) is 30.1 Å². The number of nitrogens with one attached hydrogen (secondary N) is 3. The predicted molar refractivity (Wildman–Crippen MR) is 217 cm³/mol. The van der Waals surface area contributed by atoms with Gasteiger partial charge in [0.05, 0.1) is 5.56 Å². The van der Waals surface area contributed by atoms with Crippen molar-refractivity contribution in [3.05, 3.63) is 119 Å². The second kappa shape index (κ2) is 16.2. The van der Waals surface area contributed by atoms with Gasteiger partial charge in [-0.15, -0.1) is 11.3 Å². The molecular formula is C43H43N7O2S. The van der Waals surface area contributed by atoms with E-state index < -0.39 is 0 Å². The average molecular weight is 722 g/mol. The Morgan fingerprint density at radius 2 is 1.74 bits per heavy atom. The molecule has 4 aromatic heterocycles. The quantitative estimate of drug-likeness (QED) is 0.0575. The number of unbranched alkanes of at least 4 members (excludes halogenated alkanes) is 1. The Kier molecular flexibility index (Phi) is 10.9. The summed E-state index contributed by atoms with van der Waals surface area (Å²) in [5.74, 6) is 5.37. The van der Waals surface area contributed by atoms with Crippen LogP contribution in [0.15, 0.2) is 96.6 Å². The topological polar surface area (TPSA) is 119 Å². The van der Waals surface area contributed by atoms with Gasteiger partial charge >= 0.3 is 0 Å². The lowest BCUT2D eigenvalue weighted by Crippen LogP contribution is -2.25. The van der Waals surface area contributed by atoms with Crippen molar-refractivity contribution in [2.45, 2.75) is 45.8 Å². The van der Waals surface area contributed by atoms with Gasteiger partial charge in [-0.25, -0.2) is 4.98 Å². The van der Waals surface area contributed by atoms with Crippen molar-refractivity contribution in [3.8, 4) is 22.3 Å². The smallest absolute Gasteiger partial charge is 0.296 e. The number of nitrogens with zero attached hydrogens (tertiary/aromatic N) is 3. The van der Waals surface area contributed by atoms with E-state index in [-0.39, 0.29) is 11.8 Å². The molecule has 4 heterocycles. The zero-order valence-electron chi connectivity index (χ0n) is 30.0. The number of rotatable bonds is 13. The highest BCUT2D eigenvalue weighted by molar-refractivity contribution is 7.13. The normalized spacial score (nSPS) is 11.2. The number of carbonyl (C=O) groups excluding carboxylic acids is 2. The Labute approximate surface area is 313 Å². The maximum absolute atomic E-state index is 12.7. The number of pyridine rings is 1. The molecule has 0 unspecified atom stereocenters. The lowest BCUT2D eigenvalue weighted by atomic mass is 10.1. The molecule has 0 aliphatic carbocycles. The molecule has 0 saturated carbocycles. The second-order valence-electron chi connectivity index (χ2n) is 13.2. The van der Waals surface area contributed by atoms with Crippen LogP contribution in [0.1, 0.15) is 46.8 Å². The molecule has 268 valence electrons. The van der Waals surface area contributed by atoms with Gasteiger partial charge in [0.1, 0.15) is 5.65 Å². The van der Waals surface area contributed by atoms with Crippen LogP contribution >= 0.6 is 11.3 Å². The summed E-state index contributed by atoms with van der Waals surface area (Å²) >= 11 is 1.64. The van der Waals surface area contributed by atoms with E-state index in [4.69, 9.17) is 5.73 Å². The van der Waals surface area contributed by atoms with Crippen LogP contribution in [0.3, 0.4) is 0 Å². The zero-order chi connectivity index (χ0) is 36.7. The summed E-state index contributed by atoms with van der Waals surface area (Å²) in [7, 11) is 1.97. The summed E-state index contributed by atoms with van der Waals surface area (Å²) in [6.07, 6.45) is 6.00. The number of anilines is 1. The van der Waals surface area contributed by atoms with E-state index in [1.54, 1.807) is 17.5 Å². The minimum Gasteiger partial charge on any atom is -0.399 e. The third-order valence-electron chi connectivity index (χ3n) is 9.49. The molecule has 0 fully saturated rings. The summed E-state index contributed by atoms with van der Waals surface area (Å²) in [4.78, 5) is 30.9. The maximum Gasteiger partial charge on any atom is 0.296 e. The molecule has 0 aliphatic heterocycles.